The highest BCUT2D eigenvalue weighted by Crippen LogP contribution is 2.32. The van der Waals surface area contributed by atoms with Gasteiger partial charge in [0.1, 0.15) is 6.04 Å². The standard InChI is InChI=1S/C17H22N2O2/c1-12(2)9-11-19-14-7-4-3-6-13(14)16(20)18-10-5-8-15(18)17(19)21/h3-4,6-7,12,15H,5,8-11H2,1-2H3. The van der Waals surface area contributed by atoms with Gasteiger partial charge in [0.25, 0.3) is 5.91 Å². The molecule has 1 fully saturated rings. The molecule has 4 nitrogen and oxygen atoms in total. The summed E-state index contributed by atoms with van der Waals surface area (Å²) in [4.78, 5) is 29.2. The molecule has 1 atom stereocenters. The van der Waals surface area contributed by atoms with Crippen LogP contribution in [0.1, 0.15) is 43.5 Å². The summed E-state index contributed by atoms with van der Waals surface area (Å²) in [5.74, 6) is 0.628. The second-order valence-electron chi connectivity index (χ2n) is 6.35. The van der Waals surface area contributed by atoms with Crippen LogP contribution in [0.5, 0.6) is 0 Å². The molecule has 2 aliphatic heterocycles. The van der Waals surface area contributed by atoms with Crippen LogP contribution in [-0.4, -0.2) is 35.8 Å². The van der Waals surface area contributed by atoms with Crippen LogP contribution in [0.2, 0.25) is 0 Å². The second kappa shape index (κ2) is 5.51. The Kier molecular flexibility index (Phi) is 3.70. The Morgan fingerprint density at radius 2 is 2.00 bits per heavy atom. The molecule has 0 radical (unpaired) electrons. The van der Waals surface area contributed by atoms with E-state index >= 15 is 0 Å². The lowest BCUT2D eigenvalue weighted by molar-refractivity contribution is -0.122. The fourth-order valence-corrected chi connectivity index (χ4v) is 3.23. The number of carbonyl (C=O) groups excluding carboxylic acids is 2. The molecule has 2 amide bonds. The molecule has 0 bridgehead atoms. The highest BCUT2D eigenvalue weighted by Gasteiger charge is 2.41. The van der Waals surface area contributed by atoms with Crippen molar-refractivity contribution in [2.45, 2.75) is 39.2 Å². The third-order valence-corrected chi connectivity index (χ3v) is 4.42. The first-order chi connectivity index (χ1) is 10.1. The van der Waals surface area contributed by atoms with Crippen LogP contribution < -0.4 is 4.90 Å². The molecule has 21 heavy (non-hydrogen) atoms. The van der Waals surface area contributed by atoms with Gasteiger partial charge in [-0.15, -0.1) is 0 Å². The number of hydrogen-bond donors (Lipinski definition) is 0. The van der Waals surface area contributed by atoms with E-state index < -0.39 is 0 Å². The van der Waals surface area contributed by atoms with Crippen LogP contribution in [0.3, 0.4) is 0 Å². The number of anilines is 1. The van der Waals surface area contributed by atoms with Gasteiger partial charge < -0.3 is 9.80 Å². The predicted molar refractivity (Wildman–Crippen MR) is 82.3 cm³/mol. The number of carbonyl (C=O) groups is 2. The Labute approximate surface area is 125 Å². The van der Waals surface area contributed by atoms with Crippen molar-refractivity contribution in [3.05, 3.63) is 29.8 Å². The Morgan fingerprint density at radius 3 is 2.76 bits per heavy atom. The van der Waals surface area contributed by atoms with E-state index in [1.54, 1.807) is 4.90 Å². The smallest absolute Gasteiger partial charge is 0.256 e. The van der Waals surface area contributed by atoms with Crippen molar-refractivity contribution in [3.63, 3.8) is 0 Å². The van der Waals surface area contributed by atoms with Gasteiger partial charge in [-0.1, -0.05) is 26.0 Å². The normalized spacial score (nSPS) is 21.6. The van der Waals surface area contributed by atoms with E-state index in [1.807, 2.05) is 29.2 Å². The maximum Gasteiger partial charge on any atom is 0.256 e. The van der Waals surface area contributed by atoms with E-state index in [4.69, 9.17) is 0 Å². The highest BCUT2D eigenvalue weighted by molar-refractivity contribution is 6.11. The largest absolute Gasteiger partial charge is 0.327 e. The van der Waals surface area contributed by atoms with Crippen molar-refractivity contribution in [2.75, 3.05) is 18.0 Å². The Bertz CT molecular complexity index is 568. The summed E-state index contributed by atoms with van der Waals surface area (Å²) >= 11 is 0. The van der Waals surface area contributed by atoms with Gasteiger partial charge >= 0.3 is 0 Å². The maximum absolute atomic E-state index is 12.9. The Morgan fingerprint density at radius 1 is 1.24 bits per heavy atom. The van der Waals surface area contributed by atoms with E-state index in [-0.39, 0.29) is 17.9 Å². The summed E-state index contributed by atoms with van der Waals surface area (Å²) in [7, 11) is 0. The van der Waals surface area contributed by atoms with Crippen molar-refractivity contribution in [3.8, 4) is 0 Å². The number of para-hydroxylation sites is 1. The van der Waals surface area contributed by atoms with Gasteiger partial charge in [-0.3, -0.25) is 9.59 Å². The van der Waals surface area contributed by atoms with Crippen molar-refractivity contribution in [1.29, 1.82) is 0 Å². The van der Waals surface area contributed by atoms with Crippen molar-refractivity contribution < 1.29 is 9.59 Å². The SMILES string of the molecule is CC(C)CCN1C(=O)C2CCCN2C(=O)c2ccccc21. The molecule has 0 spiro atoms. The van der Waals surface area contributed by atoms with Gasteiger partial charge in [-0.25, -0.2) is 0 Å². The van der Waals surface area contributed by atoms with Crippen LogP contribution in [0, 0.1) is 5.92 Å². The Hall–Kier alpha value is -1.84. The van der Waals surface area contributed by atoms with Crippen LogP contribution in [0.25, 0.3) is 0 Å². The molecule has 2 heterocycles. The summed E-state index contributed by atoms with van der Waals surface area (Å²) in [6.07, 6.45) is 2.65. The van der Waals surface area contributed by atoms with Crippen molar-refractivity contribution in [1.82, 2.24) is 4.90 Å². The molecule has 2 aliphatic rings. The molecule has 112 valence electrons. The summed E-state index contributed by atoms with van der Waals surface area (Å²) < 4.78 is 0. The quantitative estimate of drug-likeness (QED) is 0.857. The monoisotopic (exact) mass is 286 g/mol. The lowest BCUT2D eigenvalue weighted by atomic mass is 10.1. The summed E-state index contributed by atoms with van der Waals surface area (Å²) in [5.41, 5.74) is 1.45. The zero-order chi connectivity index (χ0) is 15.0. The molecule has 0 aliphatic carbocycles. The molecule has 1 saturated heterocycles. The maximum atomic E-state index is 12.9. The zero-order valence-corrected chi connectivity index (χ0v) is 12.7. The molecule has 1 aromatic rings. The lowest BCUT2D eigenvalue weighted by Crippen LogP contribution is -2.45. The van der Waals surface area contributed by atoms with E-state index in [9.17, 15) is 9.59 Å². The minimum Gasteiger partial charge on any atom is -0.327 e. The number of amides is 2. The van der Waals surface area contributed by atoms with Crippen molar-refractivity contribution in [2.24, 2.45) is 5.92 Å². The highest BCUT2D eigenvalue weighted by atomic mass is 16.2. The van der Waals surface area contributed by atoms with Gasteiger partial charge in [0.15, 0.2) is 0 Å². The Balaban J connectivity index is 2.02. The minimum atomic E-state index is -0.267. The summed E-state index contributed by atoms with van der Waals surface area (Å²) in [6, 6.07) is 7.25. The average Bonchev–Trinajstić information content (AvgIpc) is 2.93. The van der Waals surface area contributed by atoms with Crippen LogP contribution >= 0.6 is 0 Å². The van der Waals surface area contributed by atoms with E-state index in [0.717, 1.165) is 24.9 Å². The number of rotatable bonds is 3. The first-order valence-electron chi connectivity index (χ1n) is 7.81. The molecule has 1 unspecified atom stereocenters. The molecular weight excluding hydrogens is 264 g/mol. The summed E-state index contributed by atoms with van der Waals surface area (Å²) in [5, 5.41) is 0. The van der Waals surface area contributed by atoms with Crippen LogP contribution in [0.4, 0.5) is 5.69 Å². The molecule has 1 aromatic carbocycles. The molecular formula is C17H22N2O2. The third kappa shape index (κ3) is 2.43. The molecule has 4 heteroatoms. The van der Waals surface area contributed by atoms with Gasteiger partial charge in [-0.2, -0.15) is 0 Å². The number of fused-ring (bicyclic) bond motifs is 2. The first-order valence-corrected chi connectivity index (χ1v) is 7.81. The lowest BCUT2D eigenvalue weighted by Gasteiger charge is -2.26. The molecule has 0 N–H and O–H groups in total. The second-order valence-corrected chi connectivity index (χ2v) is 6.35. The first kappa shape index (κ1) is 14.1. The van der Waals surface area contributed by atoms with Gasteiger partial charge in [0.2, 0.25) is 5.91 Å². The predicted octanol–water partition coefficient (Wildman–Crippen LogP) is 2.68. The minimum absolute atomic E-state index is 0.00787. The van der Waals surface area contributed by atoms with E-state index in [0.29, 0.717) is 24.6 Å². The van der Waals surface area contributed by atoms with Gasteiger partial charge in [0, 0.05) is 13.1 Å². The average molecular weight is 286 g/mol. The molecule has 0 aromatic heterocycles. The molecule has 0 saturated carbocycles. The van der Waals surface area contributed by atoms with E-state index in [1.165, 1.54) is 0 Å². The van der Waals surface area contributed by atoms with E-state index in [2.05, 4.69) is 13.8 Å². The van der Waals surface area contributed by atoms with Crippen LogP contribution in [0.15, 0.2) is 24.3 Å². The third-order valence-electron chi connectivity index (χ3n) is 4.42. The molecule has 3 rings (SSSR count). The van der Waals surface area contributed by atoms with Crippen molar-refractivity contribution >= 4 is 17.5 Å². The van der Waals surface area contributed by atoms with Gasteiger partial charge in [-0.05, 0) is 37.3 Å². The van der Waals surface area contributed by atoms with Crippen LogP contribution in [-0.2, 0) is 4.79 Å². The fourth-order valence-electron chi connectivity index (χ4n) is 3.23. The van der Waals surface area contributed by atoms with Gasteiger partial charge in [0.05, 0.1) is 11.3 Å². The summed E-state index contributed by atoms with van der Waals surface area (Å²) in [6.45, 7) is 5.69. The number of nitrogens with zero attached hydrogens (tertiary/aromatic N) is 2. The number of hydrogen-bond acceptors (Lipinski definition) is 2. The number of benzene rings is 1. The zero-order valence-electron chi connectivity index (χ0n) is 12.7. The fraction of sp³-hybridized carbons (Fsp3) is 0.529. The topological polar surface area (TPSA) is 40.6 Å².